The molecule has 1 fully saturated rings. The molecule has 0 radical (unpaired) electrons. The molecule has 0 aromatic heterocycles. The van der Waals surface area contributed by atoms with Crippen LogP contribution in [0.4, 0.5) is 5.69 Å². The van der Waals surface area contributed by atoms with Crippen LogP contribution in [0.25, 0.3) is 0 Å². The minimum absolute atomic E-state index is 0.703. The third-order valence-electron chi connectivity index (χ3n) is 2.39. The fourth-order valence-corrected chi connectivity index (χ4v) is 2.23. The van der Waals surface area contributed by atoms with Gasteiger partial charge in [0, 0.05) is 19.8 Å². The van der Waals surface area contributed by atoms with Crippen LogP contribution in [0.5, 0.6) is 0 Å². The van der Waals surface area contributed by atoms with Crippen molar-refractivity contribution in [3.63, 3.8) is 0 Å². The van der Waals surface area contributed by atoms with Gasteiger partial charge in [-0.2, -0.15) is 0 Å². The van der Waals surface area contributed by atoms with Gasteiger partial charge in [-0.15, -0.1) is 0 Å². The summed E-state index contributed by atoms with van der Waals surface area (Å²) in [5, 5.41) is 3.54. The van der Waals surface area contributed by atoms with Crippen LogP contribution in [-0.2, 0) is 0 Å². The summed E-state index contributed by atoms with van der Waals surface area (Å²) in [5.74, 6) is 0. The smallest absolute Gasteiger partial charge is 0.0497 e. The molecule has 1 aliphatic carbocycles. The van der Waals surface area contributed by atoms with E-state index in [4.69, 9.17) is 0 Å². The fourth-order valence-electron chi connectivity index (χ4n) is 1.38. The first-order valence-corrected chi connectivity index (χ1v) is 6.34. The fraction of sp³-hybridized carbons (Fsp3) is 0.400. The first kappa shape index (κ1) is 9.77. The minimum atomic E-state index is 0.703. The Morgan fingerprint density at radius 1 is 1.38 bits per heavy atom. The Balaban J connectivity index is 2.13. The number of halogens is 2. The van der Waals surface area contributed by atoms with Gasteiger partial charge in [-0.25, -0.2) is 0 Å². The highest BCUT2D eigenvalue weighted by atomic mass is 127. The van der Waals surface area contributed by atoms with Crippen molar-refractivity contribution >= 4 is 44.2 Å². The van der Waals surface area contributed by atoms with Crippen molar-refractivity contribution in [2.24, 2.45) is 0 Å². The molecule has 70 valence electrons. The zero-order valence-corrected chi connectivity index (χ0v) is 10.9. The monoisotopic (exact) mass is 351 g/mol. The predicted molar refractivity (Wildman–Crippen MR) is 68.1 cm³/mol. The van der Waals surface area contributed by atoms with Gasteiger partial charge in [-0.05, 0) is 76.0 Å². The standard InChI is InChI=1S/C10H11BrIN/c11-9-5-4-7(12)6-10(9)13-8-2-1-3-8/h4-6,8,13H,1-3H2. The first-order chi connectivity index (χ1) is 6.25. The van der Waals surface area contributed by atoms with E-state index in [0.29, 0.717) is 6.04 Å². The third-order valence-corrected chi connectivity index (χ3v) is 3.76. The maximum atomic E-state index is 3.55. The lowest BCUT2D eigenvalue weighted by Crippen LogP contribution is -2.27. The molecule has 0 saturated heterocycles. The van der Waals surface area contributed by atoms with E-state index in [1.165, 1.54) is 33.0 Å². The summed E-state index contributed by atoms with van der Waals surface area (Å²) in [7, 11) is 0. The van der Waals surface area contributed by atoms with Crippen molar-refractivity contribution < 1.29 is 0 Å². The van der Waals surface area contributed by atoms with Crippen molar-refractivity contribution in [3.8, 4) is 0 Å². The highest BCUT2D eigenvalue weighted by Gasteiger charge is 2.17. The molecule has 1 aliphatic rings. The lowest BCUT2D eigenvalue weighted by atomic mass is 9.93. The van der Waals surface area contributed by atoms with Crippen molar-refractivity contribution in [1.82, 2.24) is 0 Å². The summed E-state index contributed by atoms with van der Waals surface area (Å²) in [6, 6.07) is 7.09. The molecule has 1 saturated carbocycles. The average Bonchev–Trinajstić information content (AvgIpc) is 2.03. The molecule has 0 aliphatic heterocycles. The molecule has 0 heterocycles. The number of nitrogens with one attached hydrogen (secondary N) is 1. The van der Waals surface area contributed by atoms with Gasteiger partial charge < -0.3 is 5.32 Å². The maximum absolute atomic E-state index is 3.55. The van der Waals surface area contributed by atoms with Crippen LogP contribution in [0.2, 0.25) is 0 Å². The molecular formula is C10H11BrIN. The van der Waals surface area contributed by atoms with Crippen molar-refractivity contribution in [2.75, 3.05) is 5.32 Å². The second kappa shape index (κ2) is 4.17. The van der Waals surface area contributed by atoms with Crippen LogP contribution in [-0.4, -0.2) is 6.04 Å². The number of hydrogen-bond donors (Lipinski definition) is 1. The van der Waals surface area contributed by atoms with E-state index < -0.39 is 0 Å². The zero-order valence-electron chi connectivity index (χ0n) is 7.19. The summed E-state index contributed by atoms with van der Waals surface area (Å²) < 4.78 is 2.45. The normalized spacial score (nSPS) is 16.8. The second-order valence-corrected chi connectivity index (χ2v) is 5.50. The van der Waals surface area contributed by atoms with E-state index in [0.717, 1.165) is 0 Å². The largest absolute Gasteiger partial charge is 0.381 e. The van der Waals surface area contributed by atoms with Gasteiger partial charge in [-0.3, -0.25) is 0 Å². The molecule has 1 aromatic carbocycles. The van der Waals surface area contributed by atoms with Gasteiger partial charge in [0.05, 0.1) is 0 Å². The van der Waals surface area contributed by atoms with Gasteiger partial charge in [0.1, 0.15) is 0 Å². The summed E-state index contributed by atoms with van der Waals surface area (Å²) in [6.45, 7) is 0. The Hall–Kier alpha value is 0.230. The van der Waals surface area contributed by atoms with Crippen LogP contribution in [0.3, 0.4) is 0 Å². The number of hydrogen-bond acceptors (Lipinski definition) is 1. The number of benzene rings is 1. The predicted octanol–water partition coefficient (Wildman–Crippen LogP) is 4.02. The van der Waals surface area contributed by atoms with Crippen LogP contribution in [0.15, 0.2) is 22.7 Å². The van der Waals surface area contributed by atoms with Crippen molar-refractivity contribution in [2.45, 2.75) is 25.3 Å². The molecule has 1 nitrogen and oxygen atoms in total. The molecule has 0 amide bonds. The molecular weight excluding hydrogens is 341 g/mol. The molecule has 3 heteroatoms. The van der Waals surface area contributed by atoms with Crippen LogP contribution in [0, 0.1) is 3.57 Å². The van der Waals surface area contributed by atoms with Gasteiger partial charge in [0.15, 0.2) is 0 Å². The lowest BCUT2D eigenvalue weighted by molar-refractivity contribution is 0.445. The molecule has 2 rings (SSSR count). The molecule has 0 unspecified atom stereocenters. The number of rotatable bonds is 2. The van der Waals surface area contributed by atoms with Gasteiger partial charge in [-0.1, -0.05) is 0 Å². The summed E-state index contributed by atoms with van der Waals surface area (Å²) >= 11 is 5.88. The van der Waals surface area contributed by atoms with E-state index in [1.54, 1.807) is 0 Å². The lowest BCUT2D eigenvalue weighted by Gasteiger charge is -2.28. The minimum Gasteiger partial charge on any atom is -0.381 e. The Bertz CT molecular complexity index is 310. The summed E-state index contributed by atoms with van der Waals surface area (Å²) in [5.41, 5.74) is 1.23. The zero-order chi connectivity index (χ0) is 9.26. The molecule has 1 aromatic rings. The Kier molecular flexibility index (Phi) is 3.14. The van der Waals surface area contributed by atoms with Gasteiger partial charge in [0.2, 0.25) is 0 Å². The maximum Gasteiger partial charge on any atom is 0.0497 e. The summed E-state index contributed by atoms with van der Waals surface area (Å²) in [4.78, 5) is 0. The van der Waals surface area contributed by atoms with Gasteiger partial charge in [0.25, 0.3) is 0 Å². The molecule has 0 spiro atoms. The highest BCUT2D eigenvalue weighted by Crippen LogP contribution is 2.29. The quantitative estimate of drug-likeness (QED) is 0.793. The first-order valence-electron chi connectivity index (χ1n) is 4.47. The number of anilines is 1. The Morgan fingerprint density at radius 3 is 2.77 bits per heavy atom. The van der Waals surface area contributed by atoms with E-state index in [2.05, 4.69) is 62.0 Å². The second-order valence-electron chi connectivity index (χ2n) is 3.40. The molecule has 0 bridgehead atoms. The van der Waals surface area contributed by atoms with Crippen molar-refractivity contribution in [3.05, 3.63) is 26.2 Å². The van der Waals surface area contributed by atoms with Crippen LogP contribution < -0.4 is 5.32 Å². The van der Waals surface area contributed by atoms with E-state index in [-0.39, 0.29) is 0 Å². The van der Waals surface area contributed by atoms with Crippen LogP contribution >= 0.6 is 38.5 Å². The average molecular weight is 352 g/mol. The van der Waals surface area contributed by atoms with Crippen LogP contribution in [0.1, 0.15) is 19.3 Å². The third kappa shape index (κ3) is 2.37. The Morgan fingerprint density at radius 2 is 2.15 bits per heavy atom. The molecule has 0 atom stereocenters. The highest BCUT2D eigenvalue weighted by molar-refractivity contribution is 14.1. The molecule has 13 heavy (non-hydrogen) atoms. The SMILES string of the molecule is Brc1ccc(I)cc1NC1CCC1. The van der Waals surface area contributed by atoms with E-state index in [1.807, 2.05) is 0 Å². The molecule has 1 N–H and O–H groups in total. The summed E-state index contributed by atoms with van der Waals surface area (Å²) in [6.07, 6.45) is 4.01. The van der Waals surface area contributed by atoms with Crippen molar-refractivity contribution in [1.29, 1.82) is 0 Å². The van der Waals surface area contributed by atoms with E-state index in [9.17, 15) is 0 Å². The van der Waals surface area contributed by atoms with E-state index >= 15 is 0 Å². The van der Waals surface area contributed by atoms with Gasteiger partial charge >= 0.3 is 0 Å². The Labute approximate surface area is 101 Å². The topological polar surface area (TPSA) is 12.0 Å².